The van der Waals surface area contributed by atoms with Crippen molar-refractivity contribution >= 4 is 5.69 Å². The lowest BCUT2D eigenvalue weighted by atomic mass is 10.1. The standard InChI is InChI=1S/C15H13FN2/c1-11-3-2-4-14(16)15(11)18-10-13-7-5-12(9-17)6-8-13/h2-8,18H,10H2,1H3. The highest BCUT2D eigenvalue weighted by atomic mass is 19.1. The van der Waals surface area contributed by atoms with Crippen LogP contribution >= 0.6 is 0 Å². The van der Waals surface area contributed by atoms with E-state index in [0.29, 0.717) is 17.8 Å². The van der Waals surface area contributed by atoms with Gasteiger partial charge in [-0.15, -0.1) is 0 Å². The van der Waals surface area contributed by atoms with Crippen molar-refractivity contribution in [2.45, 2.75) is 13.5 Å². The Kier molecular flexibility index (Phi) is 3.59. The summed E-state index contributed by atoms with van der Waals surface area (Å²) < 4.78 is 13.6. The molecule has 0 bridgehead atoms. The van der Waals surface area contributed by atoms with E-state index >= 15 is 0 Å². The third-order valence-corrected chi connectivity index (χ3v) is 2.77. The molecule has 0 saturated carbocycles. The first kappa shape index (κ1) is 12.1. The summed E-state index contributed by atoms with van der Waals surface area (Å²) in [5.74, 6) is -0.247. The molecule has 0 atom stereocenters. The molecule has 90 valence electrons. The first-order chi connectivity index (χ1) is 8.70. The third-order valence-electron chi connectivity index (χ3n) is 2.77. The lowest BCUT2D eigenvalue weighted by molar-refractivity contribution is 0.629. The molecule has 3 heteroatoms. The number of rotatable bonds is 3. The molecular weight excluding hydrogens is 227 g/mol. The molecule has 0 saturated heterocycles. The number of para-hydroxylation sites is 1. The molecule has 0 heterocycles. The minimum Gasteiger partial charge on any atom is -0.378 e. The maximum Gasteiger partial charge on any atom is 0.146 e. The maximum absolute atomic E-state index is 13.6. The molecule has 0 radical (unpaired) electrons. The van der Waals surface area contributed by atoms with Crippen molar-refractivity contribution in [3.63, 3.8) is 0 Å². The van der Waals surface area contributed by atoms with E-state index < -0.39 is 0 Å². The Hall–Kier alpha value is -2.34. The smallest absolute Gasteiger partial charge is 0.146 e. The molecule has 2 aromatic rings. The lowest BCUT2D eigenvalue weighted by Crippen LogP contribution is -2.03. The predicted octanol–water partition coefficient (Wildman–Crippen LogP) is 3.62. The highest BCUT2D eigenvalue weighted by molar-refractivity contribution is 5.52. The van der Waals surface area contributed by atoms with Gasteiger partial charge < -0.3 is 5.32 Å². The number of anilines is 1. The van der Waals surface area contributed by atoms with Crippen LogP contribution in [0.3, 0.4) is 0 Å². The molecule has 2 rings (SSSR count). The Morgan fingerprint density at radius 2 is 1.89 bits per heavy atom. The average Bonchev–Trinajstić information content (AvgIpc) is 2.39. The molecule has 18 heavy (non-hydrogen) atoms. The normalized spacial score (nSPS) is 9.83. The highest BCUT2D eigenvalue weighted by Gasteiger charge is 2.04. The third kappa shape index (κ3) is 2.67. The number of hydrogen-bond acceptors (Lipinski definition) is 2. The van der Waals surface area contributed by atoms with Gasteiger partial charge in [0.1, 0.15) is 5.82 Å². The molecule has 0 aliphatic rings. The van der Waals surface area contributed by atoms with Gasteiger partial charge in [-0.3, -0.25) is 0 Å². The van der Waals surface area contributed by atoms with Crippen molar-refractivity contribution in [3.05, 3.63) is 65.0 Å². The second-order valence-electron chi connectivity index (χ2n) is 4.09. The van der Waals surface area contributed by atoms with Crippen LogP contribution in [-0.4, -0.2) is 0 Å². The number of nitrogens with zero attached hydrogens (tertiary/aromatic N) is 1. The fraction of sp³-hybridized carbons (Fsp3) is 0.133. The molecule has 0 aromatic heterocycles. The Balaban J connectivity index is 2.09. The van der Waals surface area contributed by atoms with E-state index in [1.165, 1.54) is 6.07 Å². The van der Waals surface area contributed by atoms with Gasteiger partial charge in [-0.05, 0) is 36.2 Å². The van der Waals surface area contributed by atoms with Crippen LogP contribution < -0.4 is 5.32 Å². The number of nitrogens with one attached hydrogen (secondary N) is 1. The Labute approximate surface area is 106 Å². The first-order valence-corrected chi connectivity index (χ1v) is 5.69. The molecule has 2 nitrogen and oxygen atoms in total. The van der Waals surface area contributed by atoms with Gasteiger partial charge in [0.25, 0.3) is 0 Å². The Morgan fingerprint density at radius 1 is 1.17 bits per heavy atom. The maximum atomic E-state index is 13.6. The van der Waals surface area contributed by atoms with Crippen LogP contribution in [-0.2, 0) is 6.54 Å². The van der Waals surface area contributed by atoms with Gasteiger partial charge in [0.2, 0.25) is 0 Å². The summed E-state index contributed by atoms with van der Waals surface area (Å²) in [6, 6.07) is 14.3. The fourth-order valence-corrected chi connectivity index (χ4v) is 1.74. The van der Waals surface area contributed by atoms with Gasteiger partial charge in [-0.2, -0.15) is 5.26 Å². The topological polar surface area (TPSA) is 35.8 Å². The predicted molar refractivity (Wildman–Crippen MR) is 69.6 cm³/mol. The fourth-order valence-electron chi connectivity index (χ4n) is 1.74. The zero-order chi connectivity index (χ0) is 13.0. The number of halogens is 1. The monoisotopic (exact) mass is 240 g/mol. The number of hydrogen-bond donors (Lipinski definition) is 1. The molecule has 0 fully saturated rings. The van der Waals surface area contributed by atoms with E-state index in [4.69, 9.17) is 5.26 Å². The van der Waals surface area contributed by atoms with Gasteiger partial charge in [-0.1, -0.05) is 24.3 Å². The molecule has 0 unspecified atom stereocenters. The summed E-state index contributed by atoms with van der Waals surface area (Å²) in [4.78, 5) is 0. The van der Waals surface area contributed by atoms with Gasteiger partial charge >= 0.3 is 0 Å². The van der Waals surface area contributed by atoms with Crippen molar-refractivity contribution < 1.29 is 4.39 Å². The van der Waals surface area contributed by atoms with E-state index in [2.05, 4.69) is 11.4 Å². The van der Waals surface area contributed by atoms with Gasteiger partial charge in [0.15, 0.2) is 0 Å². The number of aryl methyl sites for hydroxylation is 1. The second-order valence-corrected chi connectivity index (χ2v) is 4.09. The quantitative estimate of drug-likeness (QED) is 0.889. The van der Waals surface area contributed by atoms with Crippen molar-refractivity contribution in [3.8, 4) is 6.07 Å². The van der Waals surface area contributed by atoms with Crippen LogP contribution in [0.1, 0.15) is 16.7 Å². The largest absolute Gasteiger partial charge is 0.378 e. The van der Waals surface area contributed by atoms with Crippen LogP contribution in [0.2, 0.25) is 0 Å². The van der Waals surface area contributed by atoms with Gasteiger partial charge in [-0.25, -0.2) is 4.39 Å². The summed E-state index contributed by atoms with van der Waals surface area (Å²) in [6.45, 7) is 2.40. The van der Waals surface area contributed by atoms with Gasteiger partial charge in [0, 0.05) is 6.54 Å². The molecule has 0 aliphatic carbocycles. The summed E-state index contributed by atoms with van der Waals surface area (Å²) in [5.41, 5.74) is 3.04. The molecule has 0 aliphatic heterocycles. The van der Waals surface area contributed by atoms with E-state index in [1.54, 1.807) is 18.2 Å². The molecule has 2 aromatic carbocycles. The van der Waals surface area contributed by atoms with Crippen LogP contribution in [0.25, 0.3) is 0 Å². The molecule has 0 amide bonds. The summed E-state index contributed by atoms with van der Waals surface area (Å²) >= 11 is 0. The lowest BCUT2D eigenvalue weighted by Gasteiger charge is -2.10. The molecule has 1 N–H and O–H groups in total. The zero-order valence-electron chi connectivity index (χ0n) is 10.1. The minimum atomic E-state index is -0.247. The minimum absolute atomic E-state index is 0.247. The number of benzene rings is 2. The van der Waals surface area contributed by atoms with Crippen LogP contribution in [0, 0.1) is 24.1 Å². The van der Waals surface area contributed by atoms with E-state index in [-0.39, 0.29) is 5.82 Å². The number of nitriles is 1. The van der Waals surface area contributed by atoms with E-state index in [1.807, 2.05) is 25.1 Å². The Bertz CT molecular complexity index is 562. The zero-order valence-corrected chi connectivity index (χ0v) is 10.1. The summed E-state index contributed by atoms with van der Waals surface area (Å²) in [5, 5.41) is 11.8. The van der Waals surface area contributed by atoms with Crippen molar-refractivity contribution in [1.82, 2.24) is 0 Å². The second kappa shape index (κ2) is 5.33. The molecule has 0 spiro atoms. The van der Waals surface area contributed by atoms with Crippen molar-refractivity contribution in [2.24, 2.45) is 0 Å². The average molecular weight is 240 g/mol. The van der Waals surface area contributed by atoms with Crippen LogP contribution in [0.5, 0.6) is 0 Å². The summed E-state index contributed by atoms with van der Waals surface area (Å²) in [7, 11) is 0. The van der Waals surface area contributed by atoms with Crippen molar-refractivity contribution in [2.75, 3.05) is 5.32 Å². The van der Waals surface area contributed by atoms with Crippen LogP contribution in [0.15, 0.2) is 42.5 Å². The van der Waals surface area contributed by atoms with Crippen molar-refractivity contribution in [1.29, 1.82) is 5.26 Å². The SMILES string of the molecule is Cc1cccc(F)c1NCc1ccc(C#N)cc1. The first-order valence-electron chi connectivity index (χ1n) is 5.69. The van der Waals surface area contributed by atoms with Gasteiger partial charge in [0.05, 0.1) is 17.3 Å². The van der Waals surface area contributed by atoms with E-state index in [0.717, 1.165) is 11.1 Å². The molecular formula is C15H13FN2. The summed E-state index contributed by atoms with van der Waals surface area (Å²) in [6.07, 6.45) is 0. The van der Waals surface area contributed by atoms with Crippen LogP contribution in [0.4, 0.5) is 10.1 Å². The highest BCUT2D eigenvalue weighted by Crippen LogP contribution is 2.19. The van der Waals surface area contributed by atoms with E-state index in [9.17, 15) is 4.39 Å². The Morgan fingerprint density at radius 3 is 2.50 bits per heavy atom.